The van der Waals surface area contributed by atoms with E-state index in [0.717, 1.165) is 16.5 Å². The number of nitrogens with one attached hydrogen (secondary N) is 1. The number of rotatable bonds is 4. The van der Waals surface area contributed by atoms with Crippen LogP contribution in [0.2, 0.25) is 0 Å². The highest BCUT2D eigenvalue weighted by Gasteiger charge is 2.26. The highest BCUT2D eigenvalue weighted by Crippen LogP contribution is 2.23. The lowest BCUT2D eigenvalue weighted by Gasteiger charge is -2.28. The second-order valence-electron chi connectivity index (χ2n) is 7.14. The summed E-state index contributed by atoms with van der Waals surface area (Å²) in [4.78, 5) is 17.3. The van der Waals surface area contributed by atoms with Gasteiger partial charge in [0.25, 0.3) is 5.91 Å². The number of halogens is 1. The maximum Gasteiger partial charge on any atom is 0.270 e. The molecule has 4 rings (SSSR count). The Balaban J connectivity index is 1.65. The quantitative estimate of drug-likeness (QED) is 0.724. The molecule has 1 aliphatic heterocycles. The predicted molar refractivity (Wildman–Crippen MR) is 103 cm³/mol. The van der Waals surface area contributed by atoms with Crippen molar-refractivity contribution in [2.24, 2.45) is 7.05 Å². The molecule has 2 atom stereocenters. The molecule has 146 valence electrons. The van der Waals surface area contributed by atoms with Crippen LogP contribution in [0.5, 0.6) is 0 Å². The third kappa shape index (κ3) is 3.76. The van der Waals surface area contributed by atoms with Crippen LogP contribution in [0.15, 0.2) is 42.6 Å². The zero-order chi connectivity index (χ0) is 19.7. The van der Waals surface area contributed by atoms with Crippen molar-refractivity contribution in [3.05, 3.63) is 65.2 Å². The zero-order valence-electron chi connectivity index (χ0n) is 15.6. The van der Waals surface area contributed by atoms with Gasteiger partial charge < -0.3 is 19.7 Å². The number of aromatic nitrogens is 2. The molecule has 0 bridgehead atoms. The summed E-state index contributed by atoms with van der Waals surface area (Å²) in [6.07, 6.45) is 2.29. The standard InChI is InChI=1S/C21H22FN3O3/c1-25-8-6-16-14(10-13-2-4-15(22)5-3-13)11-18(23-20(16)25)21(27)24-17-7-9-28-12-19(17)26/h2-6,8,11,17,19,26H,7,9-10,12H2,1H3,(H,24,27)/t17-,19-/m1/s1. The molecule has 2 aromatic heterocycles. The van der Waals surface area contributed by atoms with Gasteiger partial charge in [0.15, 0.2) is 0 Å². The summed E-state index contributed by atoms with van der Waals surface area (Å²) >= 11 is 0. The number of carbonyl (C=O) groups is 1. The van der Waals surface area contributed by atoms with Gasteiger partial charge in [-0.1, -0.05) is 12.1 Å². The number of nitrogens with zero attached hydrogens (tertiary/aromatic N) is 2. The van der Waals surface area contributed by atoms with Gasteiger partial charge in [-0.15, -0.1) is 0 Å². The average Bonchev–Trinajstić information content (AvgIpc) is 3.07. The Bertz CT molecular complexity index is 1000. The summed E-state index contributed by atoms with van der Waals surface area (Å²) in [7, 11) is 1.88. The Morgan fingerprint density at radius 1 is 1.36 bits per heavy atom. The van der Waals surface area contributed by atoms with Crippen molar-refractivity contribution in [3.8, 4) is 0 Å². The SMILES string of the molecule is Cn1ccc2c(Cc3ccc(F)cc3)cc(C(=O)N[C@@H]3CCOC[C@H]3O)nc21. The number of benzene rings is 1. The van der Waals surface area contributed by atoms with Gasteiger partial charge in [-0.2, -0.15) is 0 Å². The minimum Gasteiger partial charge on any atom is -0.389 e. The van der Waals surface area contributed by atoms with Crippen molar-refractivity contribution in [2.45, 2.75) is 25.0 Å². The topological polar surface area (TPSA) is 76.4 Å². The normalized spacial score (nSPS) is 19.7. The first kappa shape index (κ1) is 18.6. The Hall–Kier alpha value is -2.77. The molecule has 28 heavy (non-hydrogen) atoms. The van der Waals surface area contributed by atoms with Crippen LogP contribution in [0.4, 0.5) is 4.39 Å². The van der Waals surface area contributed by atoms with E-state index in [2.05, 4.69) is 10.3 Å². The van der Waals surface area contributed by atoms with Gasteiger partial charge in [0.2, 0.25) is 0 Å². The fourth-order valence-corrected chi connectivity index (χ4v) is 3.52. The van der Waals surface area contributed by atoms with Crippen molar-refractivity contribution >= 4 is 16.9 Å². The number of hydrogen-bond acceptors (Lipinski definition) is 4. The third-order valence-electron chi connectivity index (χ3n) is 5.11. The van der Waals surface area contributed by atoms with Crippen LogP contribution >= 0.6 is 0 Å². The highest BCUT2D eigenvalue weighted by molar-refractivity contribution is 5.95. The number of aliphatic hydroxyl groups is 1. The van der Waals surface area contributed by atoms with Crippen LogP contribution in [0, 0.1) is 5.82 Å². The molecule has 1 fully saturated rings. The molecule has 7 heteroatoms. The van der Waals surface area contributed by atoms with Crippen LogP contribution in [0.3, 0.4) is 0 Å². The summed E-state index contributed by atoms with van der Waals surface area (Å²) in [6, 6.07) is 9.72. The lowest BCUT2D eigenvalue weighted by atomic mass is 10.0. The number of hydrogen-bond donors (Lipinski definition) is 2. The first-order valence-corrected chi connectivity index (χ1v) is 9.27. The molecule has 2 N–H and O–H groups in total. The minimum atomic E-state index is -0.727. The largest absolute Gasteiger partial charge is 0.389 e. The summed E-state index contributed by atoms with van der Waals surface area (Å²) in [5.74, 6) is -0.604. The van der Waals surface area contributed by atoms with Crippen LogP contribution in [0.1, 0.15) is 28.0 Å². The monoisotopic (exact) mass is 383 g/mol. The van der Waals surface area contributed by atoms with Gasteiger partial charge >= 0.3 is 0 Å². The number of aliphatic hydroxyl groups excluding tert-OH is 1. The number of fused-ring (bicyclic) bond motifs is 1. The molecule has 0 saturated carbocycles. The predicted octanol–water partition coefficient (Wildman–Crippen LogP) is 2.18. The molecule has 1 amide bonds. The van der Waals surface area contributed by atoms with Gasteiger partial charge in [0, 0.05) is 25.2 Å². The lowest BCUT2D eigenvalue weighted by Crippen LogP contribution is -2.48. The number of ether oxygens (including phenoxy) is 1. The molecule has 0 aliphatic carbocycles. The van der Waals surface area contributed by atoms with Gasteiger partial charge in [0.05, 0.1) is 18.8 Å². The summed E-state index contributed by atoms with van der Waals surface area (Å²) < 4.78 is 20.3. The van der Waals surface area contributed by atoms with E-state index in [1.807, 2.05) is 23.9 Å². The van der Waals surface area contributed by atoms with Crippen molar-refractivity contribution in [1.82, 2.24) is 14.9 Å². The molecular weight excluding hydrogens is 361 g/mol. The Morgan fingerprint density at radius 3 is 2.89 bits per heavy atom. The van der Waals surface area contributed by atoms with Gasteiger partial charge in [-0.25, -0.2) is 9.37 Å². The van der Waals surface area contributed by atoms with Crippen LogP contribution < -0.4 is 5.32 Å². The van der Waals surface area contributed by atoms with E-state index in [1.165, 1.54) is 12.1 Å². The fraction of sp³-hybridized carbons (Fsp3) is 0.333. The summed E-state index contributed by atoms with van der Waals surface area (Å²) in [5.41, 5.74) is 2.89. The third-order valence-corrected chi connectivity index (χ3v) is 5.11. The van der Waals surface area contributed by atoms with Crippen molar-refractivity contribution < 1.29 is 19.0 Å². The Labute approximate surface area is 162 Å². The van der Waals surface area contributed by atoms with Crippen molar-refractivity contribution in [2.75, 3.05) is 13.2 Å². The van der Waals surface area contributed by atoms with Crippen molar-refractivity contribution in [1.29, 1.82) is 0 Å². The van der Waals surface area contributed by atoms with E-state index in [0.29, 0.717) is 30.8 Å². The first-order valence-electron chi connectivity index (χ1n) is 9.27. The van der Waals surface area contributed by atoms with Gasteiger partial charge in [-0.05, 0) is 48.2 Å². The highest BCUT2D eigenvalue weighted by atomic mass is 19.1. The Kier molecular flexibility index (Phi) is 5.11. The Morgan fingerprint density at radius 2 is 2.14 bits per heavy atom. The number of amides is 1. The number of carbonyl (C=O) groups excluding carboxylic acids is 1. The second-order valence-corrected chi connectivity index (χ2v) is 7.14. The fourth-order valence-electron chi connectivity index (χ4n) is 3.52. The molecule has 1 saturated heterocycles. The van der Waals surface area contributed by atoms with E-state index < -0.39 is 6.10 Å². The smallest absolute Gasteiger partial charge is 0.270 e. The molecule has 0 spiro atoms. The molecule has 0 radical (unpaired) electrons. The maximum atomic E-state index is 13.2. The van der Waals surface area contributed by atoms with E-state index >= 15 is 0 Å². The molecule has 1 aliphatic rings. The summed E-state index contributed by atoms with van der Waals surface area (Å²) in [6.45, 7) is 0.715. The second kappa shape index (κ2) is 7.69. The maximum absolute atomic E-state index is 13.2. The van der Waals surface area contributed by atoms with Crippen molar-refractivity contribution in [3.63, 3.8) is 0 Å². The van der Waals surface area contributed by atoms with E-state index in [1.54, 1.807) is 18.2 Å². The summed E-state index contributed by atoms with van der Waals surface area (Å²) in [5, 5.41) is 13.8. The molecular formula is C21H22FN3O3. The van der Waals surface area contributed by atoms with Gasteiger partial charge in [-0.3, -0.25) is 4.79 Å². The van der Waals surface area contributed by atoms with Crippen LogP contribution in [0.25, 0.3) is 11.0 Å². The number of pyridine rings is 1. The zero-order valence-corrected chi connectivity index (χ0v) is 15.6. The lowest BCUT2D eigenvalue weighted by molar-refractivity contribution is -0.0261. The van der Waals surface area contributed by atoms with E-state index in [4.69, 9.17) is 4.74 Å². The molecule has 3 heterocycles. The van der Waals surface area contributed by atoms with E-state index in [9.17, 15) is 14.3 Å². The molecule has 0 unspecified atom stereocenters. The van der Waals surface area contributed by atoms with Crippen LogP contribution in [-0.2, 0) is 18.2 Å². The van der Waals surface area contributed by atoms with Gasteiger partial charge in [0.1, 0.15) is 17.2 Å². The van der Waals surface area contributed by atoms with Crippen LogP contribution in [-0.4, -0.2) is 45.9 Å². The molecule has 3 aromatic rings. The van der Waals surface area contributed by atoms with E-state index in [-0.39, 0.29) is 24.4 Å². The number of aryl methyl sites for hydroxylation is 1. The minimum absolute atomic E-state index is 0.213. The average molecular weight is 383 g/mol. The first-order chi connectivity index (χ1) is 13.5. The molecule has 1 aromatic carbocycles. The molecule has 6 nitrogen and oxygen atoms in total.